The molecule has 1 aliphatic rings. The SMILES string of the molecule is COCCCC(=O)NCC1(CN)CCCCC1. The molecule has 1 saturated carbocycles. The molecular formula is C13H26N2O2. The molecule has 0 aromatic carbocycles. The molecule has 0 aromatic rings. The van der Waals surface area contributed by atoms with Crippen molar-refractivity contribution in [3.05, 3.63) is 0 Å². The molecular weight excluding hydrogens is 216 g/mol. The minimum atomic E-state index is 0.125. The van der Waals surface area contributed by atoms with E-state index < -0.39 is 0 Å². The number of methoxy groups -OCH3 is 1. The van der Waals surface area contributed by atoms with Crippen LogP contribution >= 0.6 is 0 Å². The van der Waals surface area contributed by atoms with Gasteiger partial charge in [-0.3, -0.25) is 4.79 Å². The van der Waals surface area contributed by atoms with E-state index >= 15 is 0 Å². The van der Waals surface area contributed by atoms with Gasteiger partial charge in [0.15, 0.2) is 0 Å². The highest BCUT2D eigenvalue weighted by atomic mass is 16.5. The lowest BCUT2D eigenvalue weighted by Crippen LogP contribution is -2.43. The normalized spacial score (nSPS) is 18.9. The molecule has 100 valence electrons. The molecule has 0 unspecified atom stereocenters. The number of carbonyl (C=O) groups is 1. The van der Waals surface area contributed by atoms with Crippen molar-refractivity contribution in [2.45, 2.75) is 44.9 Å². The molecule has 0 bridgehead atoms. The summed E-state index contributed by atoms with van der Waals surface area (Å²) >= 11 is 0. The summed E-state index contributed by atoms with van der Waals surface area (Å²) in [7, 11) is 1.66. The molecule has 0 atom stereocenters. The predicted octanol–water partition coefficient (Wildman–Crippen LogP) is 1.44. The fourth-order valence-electron chi connectivity index (χ4n) is 2.51. The van der Waals surface area contributed by atoms with Crippen molar-refractivity contribution in [2.24, 2.45) is 11.1 Å². The van der Waals surface area contributed by atoms with Crippen molar-refractivity contribution < 1.29 is 9.53 Å². The zero-order valence-electron chi connectivity index (χ0n) is 11.0. The van der Waals surface area contributed by atoms with E-state index in [0.717, 1.165) is 25.8 Å². The van der Waals surface area contributed by atoms with Crippen LogP contribution in [-0.2, 0) is 9.53 Å². The average molecular weight is 242 g/mol. The molecule has 0 heterocycles. The van der Waals surface area contributed by atoms with Crippen LogP contribution in [0, 0.1) is 5.41 Å². The Morgan fingerprint density at radius 3 is 2.65 bits per heavy atom. The van der Waals surface area contributed by atoms with Gasteiger partial charge in [0.25, 0.3) is 0 Å². The van der Waals surface area contributed by atoms with E-state index in [1.807, 2.05) is 0 Å². The van der Waals surface area contributed by atoms with Gasteiger partial charge < -0.3 is 15.8 Å². The van der Waals surface area contributed by atoms with E-state index in [2.05, 4.69) is 5.32 Å². The van der Waals surface area contributed by atoms with Crippen molar-refractivity contribution in [3.63, 3.8) is 0 Å². The average Bonchev–Trinajstić information content (AvgIpc) is 2.38. The first-order valence-corrected chi connectivity index (χ1v) is 6.68. The first kappa shape index (κ1) is 14.5. The lowest BCUT2D eigenvalue weighted by molar-refractivity contribution is -0.122. The van der Waals surface area contributed by atoms with Crippen LogP contribution in [0.15, 0.2) is 0 Å². The highest BCUT2D eigenvalue weighted by molar-refractivity contribution is 5.75. The van der Waals surface area contributed by atoms with Crippen molar-refractivity contribution >= 4 is 5.91 Å². The molecule has 1 fully saturated rings. The van der Waals surface area contributed by atoms with E-state index in [4.69, 9.17) is 10.5 Å². The minimum absolute atomic E-state index is 0.125. The summed E-state index contributed by atoms with van der Waals surface area (Å²) in [6.07, 6.45) is 7.45. The summed E-state index contributed by atoms with van der Waals surface area (Å²) in [6, 6.07) is 0. The number of ether oxygens (including phenoxy) is 1. The number of hydrogen-bond acceptors (Lipinski definition) is 3. The number of carbonyl (C=O) groups excluding carboxylic acids is 1. The van der Waals surface area contributed by atoms with Gasteiger partial charge in [0.05, 0.1) is 0 Å². The Morgan fingerprint density at radius 1 is 1.35 bits per heavy atom. The van der Waals surface area contributed by atoms with Crippen molar-refractivity contribution in [3.8, 4) is 0 Å². The Hall–Kier alpha value is -0.610. The van der Waals surface area contributed by atoms with Crippen LogP contribution in [0.3, 0.4) is 0 Å². The largest absolute Gasteiger partial charge is 0.385 e. The zero-order valence-corrected chi connectivity index (χ0v) is 11.0. The first-order chi connectivity index (χ1) is 8.22. The van der Waals surface area contributed by atoms with Gasteiger partial charge in [0.1, 0.15) is 0 Å². The molecule has 1 rings (SSSR count). The number of nitrogens with two attached hydrogens (primary N) is 1. The molecule has 0 spiro atoms. The molecule has 1 amide bonds. The van der Waals surface area contributed by atoms with E-state index in [-0.39, 0.29) is 11.3 Å². The number of rotatable bonds is 7. The van der Waals surface area contributed by atoms with E-state index in [1.54, 1.807) is 7.11 Å². The fraction of sp³-hybridized carbons (Fsp3) is 0.923. The topological polar surface area (TPSA) is 64.3 Å². The molecule has 4 heteroatoms. The smallest absolute Gasteiger partial charge is 0.220 e. The Balaban J connectivity index is 2.24. The van der Waals surface area contributed by atoms with E-state index in [9.17, 15) is 4.79 Å². The Bertz CT molecular complexity index is 225. The fourth-order valence-corrected chi connectivity index (χ4v) is 2.51. The van der Waals surface area contributed by atoms with Crippen LogP contribution in [0.1, 0.15) is 44.9 Å². The quantitative estimate of drug-likeness (QED) is 0.664. The van der Waals surface area contributed by atoms with Crippen LogP contribution in [0.4, 0.5) is 0 Å². The summed E-state index contributed by atoms with van der Waals surface area (Å²) in [4.78, 5) is 11.6. The number of amides is 1. The van der Waals surface area contributed by atoms with Crippen LogP contribution in [0.2, 0.25) is 0 Å². The second kappa shape index (κ2) is 7.67. The van der Waals surface area contributed by atoms with Gasteiger partial charge >= 0.3 is 0 Å². The summed E-state index contributed by atoms with van der Waals surface area (Å²) in [5, 5.41) is 3.03. The first-order valence-electron chi connectivity index (χ1n) is 6.68. The van der Waals surface area contributed by atoms with Crippen LogP contribution in [0.5, 0.6) is 0 Å². The maximum atomic E-state index is 11.6. The number of hydrogen-bond donors (Lipinski definition) is 2. The third-order valence-electron chi connectivity index (χ3n) is 3.76. The molecule has 4 nitrogen and oxygen atoms in total. The lowest BCUT2D eigenvalue weighted by Gasteiger charge is -2.36. The zero-order chi connectivity index (χ0) is 12.6. The lowest BCUT2D eigenvalue weighted by atomic mass is 9.74. The van der Waals surface area contributed by atoms with Gasteiger partial charge in [-0.1, -0.05) is 19.3 Å². The maximum absolute atomic E-state index is 11.6. The van der Waals surface area contributed by atoms with Crippen molar-refractivity contribution in [2.75, 3.05) is 26.8 Å². The van der Waals surface area contributed by atoms with Crippen LogP contribution < -0.4 is 11.1 Å². The molecule has 0 aliphatic heterocycles. The summed E-state index contributed by atoms with van der Waals surface area (Å²) in [5.74, 6) is 0.125. The Labute approximate surface area is 104 Å². The highest BCUT2D eigenvalue weighted by Crippen LogP contribution is 2.34. The van der Waals surface area contributed by atoms with Gasteiger partial charge in [-0.2, -0.15) is 0 Å². The van der Waals surface area contributed by atoms with Crippen LogP contribution in [0.25, 0.3) is 0 Å². The molecule has 1 aliphatic carbocycles. The van der Waals surface area contributed by atoms with Gasteiger partial charge in [-0.15, -0.1) is 0 Å². The van der Waals surface area contributed by atoms with E-state index in [1.165, 1.54) is 19.3 Å². The molecule has 17 heavy (non-hydrogen) atoms. The molecule has 0 radical (unpaired) electrons. The minimum Gasteiger partial charge on any atom is -0.385 e. The Kier molecular flexibility index (Phi) is 6.52. The summed E-state index contributed by atoms with van der Waals surface area (Å²) in [5.41, 5.74) is 6.04. The highest BCUT2D eigenvalue weighted by Gasteiger charge is 2.30. The third-order valence-corrected chi connectivity index (χ3v) is 3.76. The molecule has 0 saturated heterocycles. The van der Waals surface area contributed by atoms with E-state index in [0.29, 0.717) is 19.6 Å². The standard InChI is InChI=1S/C13H26N2O2/c1-17-9-5-6-12(16)15-11-13(10-14)7-3-2-4-8-13/h2-11,14H2,1H3,(H,15,16). The maximum Gasteiger partial charge on any atom is 0.220 e. The van der Waals surface area contributed by atoms with Crippen LogP contribution in [-0.4, -0.2) is 32.7 Å². The third kappa shape index (κ3) is 5.04. The van der Waals surface area contributed by atoms with Gasteiger partial charge in [-0.25, -0.2) is 0 Å². The molecule has 3 N–H and O–H groups in total. The monoisotopic (exact) mass is 242 g/mol. The predicted molar refractivity (Wildman–Crippen MR) is 68.7 cm³/mol. The number of nitrogens with one attached hydrogen (secondary N) is 1. The second-order valence-electron chi connectivity index (χ2n) is 5.14. The summed E-state index contributed by atoms with van der Waals surface area (Å²) < 4.78 is 4.93. The second-order valence-corrected chi connectivity index (χ2v) is 5.14. The molecule has 0 aromatic heterocycles. The Morgan fingerprint density at radius 2 is 2.06 bits per heavy atom. The van der Waals surface area contributed by atoms with Crippen molar-refractivity contribution in [1.82, 2.24) is 5.32 Å². The van der Waals surface area contributed by atoms with Crippen molar-refractivity contribution in [1.29, 1.82) is 0 Å². The summed E-state index contributed by atoms with van der Waals surface area (Å²) in [6.45, 7) is 2.08. The van der Waals surface area contributed by atoms with Gasteiger partial charge in [0.2, 0.25) is 5.91 Å². The van der Waals surface area contributed by atoms with Gasteiger partial charge in [0, 0.05) is 26.7 Å². The van der Waals surface area contributed by atoms with Gasteiger partial charge in [-0.05, 0) is 31.2 Å².